The molecule has 0 aromatic heterocycles. The number of hydrogen-bond acceptors (Lipinski definition) is 3. The van der Waals surface area contributed by atoms with E-state index in [1.54, 1.807) is 0 Å². The Labute approximate surface area is 148 Å². The van der Waals surface area contributed by atoms with Crippen LogP contribution in [0.15, 0.2) is 0 Å². The maximum Gasteiger partial charge on any atom is 0.226 e. The van der Waals surface area contributed by atoms with E-state index in [1.807, 2.05) is 4.90 Å². The maximum absolute atomic E-state index is 12.8. The summed E-state index contributed by atoms with van der Waals surface area (Å²) in [7, 11) is -1.74. The van der Waals surface area contributed by atoms with E-state index in [4.69, 9.17) is 9.69 Å². The molecule has 0 aromatic carbocycles. The summed E-state index contributed by atoms with van der Waals surface area (Å²) in [6.07, 6.45) is 5.96. The summed E-state index contributed by atoms with van der Waals surface area (Å²) in [5, 5.41) is 9.14. The number of hydrogen-bond donors (Lipinski definition) is 0. The first kappa shape index (κ1) is 19.5. The summed E-state index contributed by atoms with van der Waals surface area (Å²) < 4.78 is 6.36. The zero-order valence-corrected chi connectivity index (χ0v) is 17.1. The van der Waals surface area contributed by atoms with Crippen LogP contribution in [-0.2, 0) is 9.22 Å². The molecule has 5 heteroatoms. The summed E-state index contributed by atoms with van der Waals surface area (Å²) in [5.74, 6) is 0.982. The zero-order chi connectivity index (χ0) is 18.0. The Kier molecular flexibility index (Phi) is 6.14. The van der Waals surface area contributed by atoms with Crippen LogP contribution in [-0.4, -0.2) is 38.3 Å². The van der Waals surface area contributed by atoms with Crippen LogP contribution in [0.4, 0.5) is 0 Å². The van der Waals surface area contributed by atoms with Gasteiger partial charge in [0.25, 0.3) is 0 Å². The highest BCUT2D eigenvalue weighted by Crippen LogP contribution is 2.43. The lowest BCUT2D eigenvalue weighted by atomic mass is 9.77. The van der Waals surface area contributed by atoms with Crippen LogP contribution in [0.3, 0.4) is 0 Å². The van der Waals surface area contributed by atoms with E-state index in [-0.39, 0.29) is 17.0 Å². The van der Waals surface area contributed by atoms with Crippen molar-refractivity contribution in [1.29, 1.82) is 5.26 Å². The highest BCUT2D eigenvalue weighted by Gasteiger charge is 2.48. The largest absolute Gasteiger partial charge is 0.417 e. The van der Waals surface area contributed by atoms with Crippen molar-refractivity contribution in [2.75, 3.05) is 13.2 Å². The summed E-state index contributed by atoms with van der Waals surface area (Å²) in [6.45, 7) is 12.7. The molecule has 24 heavy (non-hydrogen) atoms. The molecule has 1 amide bonds. The fourth-order valence-corrected chi connectivity index (χ4v) is 5.06. The van der Waals surface area contributed by atoms with E-state index >= 15 is 0 Å². The van der Waals surface area contributed by atoms with Crippen LogP contribution < -0.4 is 0 Å². The van der Waals surface area contributed by atoms with Crippen molar-refractivity contribution in [3.63, 3.8) is 0 Å². The molecule has 0 N–H and O–H groups in total. The zero-order valence-electron chi connectivity index (χ0n) is 16.1. The van der Waals surface area contributed by atoms with E-state index < -0.39 is 8.32 Å². The van der Waals surface area contributed by atoms with Crippen LogP contribution >= 0.6 is 0 Å². The molecule has 0 radical (unpaired) electrons. The minimum atomic E-state index is -1.74. The molecule has 1 aliphatic heterocycles. The quantitative estimate of drug-likeness (QED) is 0.670. The third-order valence-corrected chi connectivity index (χ3v) is 11.0. The molecule has 1 aliphatic carbocycles. The molecule has 136 valence electrons. The average Bonchev–Trinajstić information content (AvgIpc) is 2.77. The minimum Gasteiger partial charge on any atom is -0.417 e. The molecule has 2 aliphatic rings. The second-order valence-electron chi connectivity index (χ2n) is 8.96. The van der Waals surface area contributed by atoms with Crippen LogP contribution in [0.5, 0.6) is 0 Å². The number of carbonyl (C=O) groups is 1. The van der Waals surface area contributed by atoms with E-state index in [1.165, 1.54) is 12.8 Å². The molecular weight excluding hydrogens is 316 g/mol. The number of nitrogens with zero attached hydrogens (tertiary/aromatic N) is 2. The maximum atomic E-state index is 12.8. The summed E-state index contributed by atoms with van der Waals surface area (Å²) in [5.41, 5.74) is 0. The highest BCUT2D eigenvalue weighted by molar-refractivity contribution is 6.74. The SMILES string of the molecule is CC(C)(C)[Si](C)(C)OCC[C@H]1[C@@H]2CCCC[C@@H]2C(=O)N1CCC#N. The van der Waals surface area contributed by atoms with Crippen molar-refractivity contribution in [3.8, 4) is 6.07 Å². The second kappa shape index (κ2) is 7.57. The van der Waals surface area contributed by atoms with Gasteiger partial charge in [0.05, 0.1) is 12.5 Å². The van der Waals surface area contributed by atoms with E-state index in [0.29, 0.717) is 24.8 Å². The Morgan fingerprint density at radius 1 is 1.29 bits per heavy atom. The first-order valence-corrected chi connectivity index (χ1v) is 12.4. The highest BCUT2D eigenvalue weighted by atomic mass is 28.4. The molecule has 1 saturated carbocycles. The van der Waals surface area contributed by atoms with Crippen LogP contribution in [0, 0.1) is 23.2 Å². The predicted molar refractivity (Wildman–Crippen MR) is 98.9 cm³/mol. The molecule has 1 heterocycles. The van der Waals surface area contributed by atoms with Crippen LogP contribution in [0.1, 0.15) is 59.3 Å². The van der Waals surface area contributed by atoms with Gasteiger partial charge >= 0.3 is 0 Å². The lowest BCUT2D eigenvalue weighted by Crippen LogP contribution is -2.43. The van der Waals surface area contributed by atoms with Gasteiger partial charge in [-0.1, -0.05) is 33.6 Å². The fourth-order valence-electron chi connectivity index (χ4n) is 4.00. The third kappa shape index (κ3) is 4.03. The van der Waals surface area contributed by atoms with Crippen molar-refractivity contribution in [1.82, 2.24) is 4.90 Å². The van der Waals surface area contributed by atoms with Crippen molar-refractivity contribution >= 4 is 14.2 Å². The number of fused-ring (bicyclic) bond motifs is 1. The normalized spacial score (nSPS) is 27.9. The van der Waals surface area contributed by atoms with Crippen molar-refractivity contribution < 1.29 is 9.22 Å². The van der Waals surface area contributed by atoms with E-state index in [9.17, 15) is 4.79 Å². The Hall–Kier alpha value is -0.863. The average molecular weight is 351 g/mol. The Morgan fingerprint density at radius 2 is 1.96 bits per heavy atom. The summed E-state index contributed by atoms with van der Waals surface area (Å²) in [4.78, 5) is 14.8. The van der Waals surface area contributed by atoms with Gasteiger partial charge < -0.3 is 9.33 Å². The minimum absolute atomic E-state index is 0.204. The molecule has 4 nitrogen and oxygen atoms in total. The number of amides is 1. The number of likely N-dealkylation sites (tertiary alicyclic amines) is 1. The standard InChI is InChI=1S/C19H34N2O2Si/c1-19(2,3)24(4,5)23-14-11-17-15-9-6-7-10-16(15)18(22)21(17)13-8-12-20/h15-17H,6-11,13-14H2,1-5H3/t15-,16+,17+/m1/s1. The number of nitriles is 1. The molecule has 0 bridgehead atoms. The van der Waals surface area contributed by atoms with Crippen LogP contribution in [0.2, 0.25) is 18.1 Å². The Bertz CT molecular complexity index is 493. The van der Waals surface area contributed by atoms with Gasteiger partial charge in [-0.05, 0) is 43.3 Å². The lowest BCUT2D eigenvalue weighted by Gasteiger charge is -2.37. The van der Waals surface area contributed by atoms with Crippen LogP contribution in [0.25, 0.3) is 0 Å². The first-order chi connectivity index (χ1) is 11.2. The van der Waals surface area contributed by atoms with Gasteiger partial charge in [-0.15, -0.1) is 0 Å². The first-order valence-electron chi connectivity index (χ1n) is 9.50. The molecular formula is C19H34N2O2Si. The van der Waals surface area contributed by atoms with Gasteiger partial charge in [-0.2, -0.15) is 5.26 Å². The van der Waals surface area contributed by atoms with Crippen molar-refractivity contribution in [2.45, 2.75) is 83.5 Å². The van der Waals surface area contributed by atoms with Gasteiger partial charge in [0.2, 0.25) is 5.91 Å². The number of rotatable bonds is 6. The van der Waals surface area contributed by atoms with E-state index in [0.717, 1.165) is 25.9 Å². The molecule has 2 rings (SSSR count). The predicted octanol–water partition coefficient (Wildman–Crippen LogP) is 4.33. The van der Waals surface area contributed by atoms with Crippen molar-refractivity contribution in [2.24, 2.45) is 11.8 Å². The van der Waals surface area contributed by atoms with Gasteiger partial charge in [0, 0.05) is 25.1 Å². The van der Waals surface area contributed by atoms with Crippen molar-refractivity contribution in [3.05, 3.63) is 0 Å². The lowest BCUT2D eigenvalue weighted by molar-refractivity contribution is -0.132. The number of carbonyl (C=O) groups excluding carboxylic acids is 1. The molecule has 0 aromatic rings. The Balaban J connectivity index is 2.02. The fraction of sp³-hybridized carbons (Fsp3) is 0.895. The third-order valence-electron chi connectivity index (χ3n) is 6.46. The molecule has 0 spiro atoms. The molecule has 1 saturated heterocycles. The monoisotopic (exact) mass is 350 g/mol. The van der Waals surface area contributed by atoms with Gasteiger partial charge in [0.1, 0.15) is 0 Å². The smallest absolute Gasteiger partial charge is 0.226 e. The molecule has 0 unspecified atom stereocenters. The van der Waals surface area contributed by atoms with Gasteiger partial charge in [-0.3, -0.25) is 4.79 Å². The molecule has 3 atom stereocenters. The molecule has 2 fully saturated rings. The summed E-state index contributed by atoms with van der Waals surface area (Å²) in [6, 6.07) is 2.48. The second-order valence-corrected chi connectivity index (χ2v) is 13.8. The van der Waals surface area contributed by atoms with E-state index in [2.05, 4.69) is 39.9 Å². The van der Waals surface area contributed by atoms with Gasteiger partial charge in [0.15, 0.2) is 8.32 Å². The Morgan fingerprint density at radius 3 is 2.58 bits per heavy atom. The van der Waals surface area contributed by atoms with Gasteiger partial charge in [-0.25, -0.2) is 0 Å². The topological polar surface area (TPSA) is 53.3 Å². The summed E-state index contributed by atoms with van der Waals surface area (Å²) >= 11 is 0.